The first-order valence-electron chi connectivity index (χ1n) is 5.69. The summed E-state index contributed by atoms with van der Waals surface area (Å²) in [4.78, 5) is 18.4. The van der Waals surface area contributed by atoms with Gasteiger partial charge in [-0.1, -0.05) is 30.3 Å². The number of aliphatic hydroxyl groups is 1. The molecule has 0 aliphatic rings. The molecule has 0 fully saturated rings. The lowest BCUT2D eigenvalue weighted by Gasteiger charge is -2.12. The van der Waals surface area contributed by atoms with Gasteiger partial charge in [0.15, 0.2) is 5.69 Å². The molecule has 0 saturated carbocycles. The number of hydrogen-bond donors (Lipinski definition) is 3. The van der Waals surface area contributed by atoms with E-state index in [4.69, 9.17) is 5.11 Å². The average molecular weight is 259 g/mol. The Morgan fingerprint density at radius 3 is 2.68 bits per heavy atom. The smallest absolute Gasteiger partial charge is 0.356 e. The summed E-state index contributed by atoms with van der Waals surface area (Å²) in [7, 11) is 0. The topological polar surface area (TPSA) is 95.3 Å². The highest BCUT2D eigenvalue weighted by Crippen LogP contribution is 2.12. The molecule has 0 aliphatic carbocycles. The van der Waals surface area contributed by atoms with Crippen molar-refractivity contribution in [2.24, 2.45) is 0 Å². The number of aromatic carboxylic acids is 1. The van der Waals surface area contributed by atoms with E-state index in [0.29, 0.717) is 5.82 Å². The molecule has 1 aromatic carbocycles. The minimum Gasteiger partial charge on any atom is -0.476 e. The highest BCUT2D eigenvalue weighted by atomic mass is 16.4. The van der Waals surface area contributed by atoms with Gasteiger partial charge in [-0.05, 0) is 5.56 Å². The zero-order valence-corrected chi connectivity index (χ0v) is 10.0. The zero-order valence-electron chi connectivity index (χ0n) is 10.0. The molecule has 6 heteroatoms. The lowest BCUT2D eigenvalue weighted by molar-refractivity contribution is 0.0690. The molecule has 0 aliphatic heterocycles. The third-order valence-electron chi connectivity index (χ3n) is 2.51. The minimum atomic E-state index is -1.14. The number of anilines is 1. The Bertz CT molecular complexity index is 560. The first-order valence-corrected chi connectivity index (χ1v) is 5.69. The highest BCUT2D eigenvalue weighted by Gasteiger charge is 2.09. The lowest BCUT2D eigenvalue weighted by Crippen LogP contribution is -2.14. The van der Waals surface area contributed by atoms with Crippen LogP contribution in [0.15, 0.2) is 42.7 Å². The fourth-order valence-corrected chi connectivity index (χ4v) is 1.55. The summed E-state index contributed by atoms with van der Waals surface area (Å²) in [5.74, 6) is -0.824. The van der Waals surface area contributed by atoms with Gasteiger partial charge in [-0.25, -0.2) is 9.78 Å². The molecule has 0 saturated heterocycles. The van der Waals surface area contributed by atoms with Gasteiger partial charge >= 0.3 is 5.97 Å². The van der Waals surface area contributed by atoms with Gasteiger partial charge in [0.05, 0.1) is 18.5 Å². The van der Waals surface area contributed by atoms with Gasteiger partial charge in [-0.2, -0.15) is 0 Å². The van der Waals surface area contributed by atoms with Crippen molar-refractivity contribution in [1.82, 2.24) is 9.97 Å². The first-order chi connectivity index (χ1) is 9.16. The van der Waals surface area contributed by atoms with Crippen LogP contribution >= 0.6 is 0 Å². The van der Waals surface area contributed by atoms with E-state index >= 15 is 0 Å². The van der Waals surface area contributed by atoms with E-state index in [0.717, 1.165) is 5.56 Å². The summed E-state index contributed by atoms with van der Waals surface area (Å²) in [6.45, 7) is 0.224. The highest BCUT2D eigenvalue weighted by molar-refractivity contribution is 5.85. The predicted molar refractivity (Wildman–Crippen MR) is 68.9 cm³/mol. The van der Waals surface area contributed by atoms with E-state index in [1.54, 1.807) is 0 Å². The molecular formula is C13H13N3O3. The van der Waals surface area contributed by atoms with E-state index in [1.165, 1.54) is 12.4 Å². The van der Waals surface area contributed by atoms with Crippen LogP contribution in [-0.2, 0) is 0 Å². The van der Waals surface area contributed by atoms with E-state index in [2.05, 4.69) is 15.3 Å². The molecule has 1 atom stereocenters. The van der Waals surface area contributed by atoms with Gasteiger partial charge in [-0.15, -0.1) is 0 Å². The Kier molecular flexibility index (Phi) is 4.04. The summed E-state index contributed by atoms with van der Waals surface area (Å²) < 4.78 is 0. The number of rotatable bonds is 5. The fourth-order valence-electron chi connectivity index (χ4n) is 1.55. The molecule has 1 heterocycles. The van der Waals surface area contributed by atoms with Crippen LogP contribution in [0.5, 0.6) is 0 Å². The fraction of sp³-hybridized carbons (Fsp3) is 0.154. The summed E-state index contributed by atoms with van der Waals surface area (Å²) in [6, 6.07) is 9.16. The minimum absolute atomic E-state index is 0.140. The monoisotopic (exact) mass is 259 g/mol. The van der Waals surface area contributed by atoms with Crippen molar-refractivity contribution >= 4 is 11.8 Å². The number of carboxylic acids is 1. The zero-order chi connectivity index (χ0) is 13.7. The number of aliphatic hydroxyl groups excluding tert-OH is 1. The molecule has 19 heavy (non-hydrogen) atoms. The molecule has 2 rings (SSSR count). The average Bonchev–Trinajstić information content (AvgIpc) is 2.46. The van der Waals surface area contributed by atoms with E-state index in [9.17, 15) is 9.90 Å². The van der Waals surface area contributed by atoms with Crippen LogP contribution in [0, 0.1) is 0 Å². The molecule has 3 N–H and O–H groups in total. The Labute approximate surface area is 109 Å². The normalized spacial score (nSPS) is 11.8. The molecule has 0 spiro atoms. The Morgan fingerprint density at radius 2 is 2.00 bits per heavy atom. The van der Waals surface area contributed by atoms with Gasteiger partial charge in [0.1, 0.15) is 5.82 Å². The second-order valence-corrected chi connectivity index (χ2v) is 3.90. The quantitative estimate of drug-likeness (QED) is 0.749. The second-order valence-electron chi connectivity index (χ2n) is 3.90. The van der Waals surface area contributed by atoms with Crippen molar-refractivity contribution in [2.45, 2.75) is 6.10 Å². The van der Waals surface area contributed by atoms with Crippen molar-refractivity contribution in [2.75, 3.05) is 11.9 Å². The Balaban J connectivity index is 1.99. The van der Waals surface area contributed by atoms with Crippen molar-refractivity contribution < 1.29 is 15.0 Å². The number of aromatic nitrogens is 2. The first kappa shape index (κ1) is 13.0. The maximum Gasteiger partial charge on any atom is 0.356 e. The summed E-state index contributed by atoms with van der Waals surface area (Å²) >= 11 is 0. The number of hydrogen-bond acceptors (Lipinski definition) is 5. The largest absolute Gasteiger partial charge is 0.476 e. The molecule has 1 aromatic heterocycles. The number of carbonyl (C=O) groups is 1. The van der Waals surface area contributed by atoms with Crippen LogP contribution < -0.4 is 5.32 Å². The van der Waals surface area contributed by atoms with Crippen LogP contribution in [0.25, 0.3) is 0 Å². The number of nitrogens with zero attached hydrogens (tertiary/aromatic N) is 2. The van der Waals surface area contributed by atoms with E-state index in [-0.39, 0.29) is 12.2 Å². The molecule has 1 unspecified atom stereocenters. The maximum atomic E-state index is 10.7. The molecule has 98 valence electrons. The molecule has 2 aromatic rings. The number of carboxylic acid groups (broad SMARTS) is 1. The standard InChI is InChI=1S/C13H13N3O3/c17-11(9-4-2-1-3-5-9)7-15-12-8-14-6-10(16-12)13(18)19/h1-6,8,11,17H,7H2,(H,15,16)(H,18,19). The SMILES string of the molecule is O=C(O)c1cncc(NCC(O)c2ccccc2)n1. The van der Waals surface area contributed by atoms with Crippen LogP contribution in [0.3, 0.4) is 0 Å². The van der Waals surface area contributed by atoms with E-state index in [1.807, 2.05) is 30.3 Å². The number of nitrogens with one attached hydrogen (secondary N) is 1. The van der Waals surface area contributed by atoms with Crippen molar-refractivity contribution in [3.8, 4) is 0 Å². The number of benzene rings is 1. The second kappa shape index (κ2) is 5.92. The molecule has 0 radical (unpaired) electrons. The van der Waals surface area contributed by atoms with Gasteiger partial charge in [0, 0.05) is 6.54 Å². The van der Waals surface area contributed by atoms with Gasteiger partial charge in [-0.3, -0.25) is 4.98 Å². The molecule has 0 amide bonds. The Morgan fingerprint density at radius 1 is 1.26 bits per heavy atom. The van der Waals surface area contributed by atoms with E-state index < -0.39 is 12.1 Å². The van der Waals surface area contributed by atoms with Crippen LogP contribution in [0.4, 0.5) is 5.82 Å². The van der Waals surface area contributed by atoms with Crippen molar-refractivity contribution in [3.05, 3.63) is 54.0 Å². The van der Waals surface area contributed by atoms with Gasteiger partial charge < -0.3 is 15.5 Å². The lowest BCUT2D eigenvalue weighted by atomic mass is 10.1. The van der Waals surface area contributed by atoms with Crippen LogP contribution in [-0.4, -0.2) is 32.7 Å². The maximum absolute atomic E-state index is 10.7. The molecular weight excluding hydrogens is 246 g/mol. The van der Waals surface area contributed by atoms with Crippen molar-refractivity contribution in [1.29, 1.82) is 0 Å². The van der Waals surface area contributed by atoms with Crippen molar-refractivity contribution in [3.63, 3.8) is 0 Å². The molecule has 6 nitrogen and oxygen atoms in total. The van der Waals surface area contributed by atoms with Crippen LogP contribution in [0.1, 0.15) is 22.2 Å². The van der Waals surface area contributed by atoms with Crippen LogP contribution in [0.2, 0.25) is 0 Å². The third kappa shape index (κ3) is 3.49. The van der Waals surface area contributed by atoms with Gasteiger partial charge in [0.2, 0.25) is 0 Å². The molecule has 0 bridgehead atoms. The summed E-state index contributed by atoms with van der Waals surface area (Å²) in [5.41, 5.74) is 0.636. The summed E-state index contributed by atoms with van der Waals surface area (Å²) in [6.07, 6.45) is 1.88. The van der Waals surface area contributed by atoms with Gasteiger partial charge in [0.25, 0.3) is 0 Å². The summed E-state index contributed by atoms with van der Waals surface area (Å²) in [5, 5.41) is 21.6. The Hall–Kier alpha value is -2.47. The predicted octanol–water partition coefficient (Wildman–Crippen LogP) is 1.32. The third-order valence-corrected chi connectivity index (χ3v) is 2.51.